The fraction of sp³-hybridized carbons (Fsp3) is 0.308. The van der Waals surface area contributed by atoms with E-state index in [9.17, 15) is 4.79 Å². The van der Waals surface area contributed by atoms with E-state index in [-0.39, 0.29) is 0 Å². The van der Waals surface area contributed by atoms with E-state index in [1.165, 1.54) is 5.06 Å². The highest BCUT2D eigenvalue weighted by atomic mass is 16.7. The van der Waals surface area contributed by atoms with Crippen LogP contribution in [0.2, 0.25) is 0 Å². The Morgan fingerprint density at radius 2 is 1.74 bits per heavy atom. The molecular formula is C26H30N6O2. The second kappa shape index (κ2) is 9.61. The molecule has 1 aromatic carbocycles. The zero-order valence-electron chi connectivity index (χ0n) is 20.2. The predicted molar refractivity (Wildman–Crippen MR) is 130 cm³/mol. The molecule has 8 nitrogen and oxygen atoms in total. The summed E-state index contributed by atoms with van der Waals surface area (Å²) in [6, 6.07) is 13.5. The highest BCUT2D eigenvalue weighted by Gasteiger charge is 2.29. The Morgan fingerprint density at radius 3 is 2.32 bits per heavy atom. The lowest BCUT2D eigenvalue weighted by Crippen LogP contribution is -2.38. The molecule has 1 atom stereocenters. The van der Waals surface area contributed by atoms with Crippen LogP contribution in [0.1, 0.15) is 38.3 Å². The second-order valence-corrected chi connectivity index (χ2v) is 9.21. The van der Waals surface area contributed by atoms with Gasteiger partial charge in [0.2, 0.25) is 6.41 Å². The lowest BCUT2D eigenvalue weighted by molar-refractivity contribution is -0.235. The van der Waals surface area contributed by atoms with Gasteiger partial charge in [-0.1, -0.05) is 30.3 Å². The van der Waals surface area contributed by atoms with E-state index < -0.39 is 11.6 Å². The highest BCUT2D eigenvalue weighted by Crippen LogP contribution is 2.30. The largest absolute Gasteiger partial charge is 0.334 e. The molecule has 0 N–H and O–H groups in total. The number of rotatable bonds is 8. The number of benzene rings is 1. The van der Waals surface area contributed by atoms with Gasteiger partial charge in [0.1, 0.15) is 17.7 Å². The summed E-state index contributed by atoms with van der Waals surface area (Å²) in [7, 11) is 3.93. The Kier molecular flexibility index (Phi) is 6.61. The van der Waals surface area contributed by atoms with E-state index in [1.807, 2.05) is 74.6 Å². The van der Waals surface area contributed by atoms with Crippen molar-refractivity contribution in [1.82, 2.24) is 29.1 Å². The zero-order chi connectivity index (χ0) is 24.3. The van der Waals surface area contributed by atoms with Crippen molar-refractivity contribution in [2.24, 2.45) is 14.1 Å². The number of carbonyl (C=O) groups is 1. The van der Waals surface area contributed by atoms with Crippen molar-refractivity contribution in [3.05, 3.63) is 78.8 Å². The van der Waals surface area contributed by atoms with Crippen molar-refractivity contribution in [2.75, 3.05) is 0 Å². The van der Waals surface area contributed by atoms with Gasteiger partial charge in [-0.25, -0.2) is 15.0 Å². The number of aryl methyl sites for hydroxylation is 1. The predicted octanol–water partition coefficient (Wildman–Crippen LogP) is 4.35. The maximum Gasteiger partial charge on any atom is 0.234 e. The molecule has 3 aromatic heterocycles. The molecule has 0 radical (unpaired) electrons. The lowest BCUT2D eigenvalue weighted by Gasteiger charge is -2.32. The molecule has 8 heteroatoms. The molecule has 4 rings (SSSR count). The molecule has 1 unspecified atom stereocenters. The number of hydrogen-bond donors (Lipinski definition) is 0. The average Bonchev–Trinajstić information content (AvgIpc) is 3.41. The molecule has 4 aromatic rings. The molecule has 0 saturated carbocycles. The molecule has 34 heavy (non-hydrogen) atoms. The maximum absolute atomic E-state index is 12.1. The van der Waals surface area contributed by atoms with Crippen molar-refractivity contribution in [2.45, 2.75) is 38.8 Å². The zero-order valence-corrected chi connectivity index (χ0v) is 20.2. The van der Waals surface area contributed by atoms with Gasteiger partial charge in [-0.05, 0) is 38.5 Å². The third-order valence-electron chi connectivity index (χ3n) is 5.50. The van der Waals surface area contributed by atoms with Crippen LogP contribution in [-0.4, -0.2) is 41.2 Å². The van der Waals surface area contributed by atoms with Crippen molar-refractivity contribution >= 4 is 6.41 Å². The van der Waals surface area contributed by atoms with Crippen LogP contribution >= 0.6 is 0 Å². The molecule has 3 heterocycles. The Balaban J connectivity index is 1.68. The van der Waals surface area contributed by atoms with E-state index in [0.29, 0.717) is 12.2 Å². The number of carbonyl (C=O) groups excluding carboxylic acids is 1. The van der Waals surface area contributed by atoms with Crippen LogP contribution in [0.4, 0.5) is 0 Å². The van der Waals surface area contributed by atoms with E-state index in [1.54, 1.807) is 12.4 Å². The van der Waals surface area contributed by atoms with Crippen molar-refractivity contribution in [3.8, 4) is 22.6 Å². The van der Waals surface area contributed by atoms with E-state index in [0.717, 1.165) is 34.7 Å². The van der Waals surface area contributed by atoms with Crippen LogP contribution < -0.4 is 0 Å². The molecule has 1 amide bonds. The Hall–Kier alpha value is -3.78. The van der Waals surface area contributed by atoms with Gasteiger partial charge in [-0.15, -0.1) is 0 Å². The molecule has 0 bridgehead atoms. The van der Waals surface area contributed by atoms with Crippen LogP contribution in [0, 0.1) is 0 Å². The molecule has 0 fully saturated rings. The van der Waals surface area contributed by atoms with E-state index >= 15 is 0 Å². The second-order valence-electron chi connectivity index (χ2n) is 9.21. The number of amides is 1. The first-order chi connectivity index (χ1) is 16.3. The summed E-state index contributed by atoms with van der Waals surface area (Å²) in [5.74, 6) is 1.62. The summed E-state index contributed by atoms with van der Waals surface area (Å²) in [4.78, 5) is 31.7. The van der Waals surface area contributed by atoms with Gasteiger partial charge in [0, 0.05) is 50.4 Å². The number of hydrogen-bond acceptors (Lipinski definition) is 5. The molecule has 0 aliphatic rings. The normalized spacial score (nSPS) is 12.5. The minimum atomic E-state index is -0.544. The number of imidazole rings is 2. The lowest BCUT2D eigenvalue weighted by atomic mass is 10.1. The molecule has 0 saturated heterocycles. The number of nitrogens with zero attached hydrogens (tertiary/aromatic N) is 6. The van der Waals surface area contributed by atoms with Gasteiger partial charge >= 0.3 is 0 Å². The minimum Gasteiger partial charge on any atom is -0.334 e. The van der Waals surface area contributed by atoms with Crippen LogP contribution in [-0.2, 0) is 30.1 Å². The van der Waals surface area contributed by atoms with Crippen molar-refractivity contribution < 1.29 is 9.63 Å². The standard InChI is InChI=1S/C26H30N6O2/c1-26(2,3)34-32(18-33)22(16-21-8-6-7-13-27-21)25-29-17-23(31(25)5)19-9-11-20(12-10-19)24-28-14-15-30(24)4/h6-15,17-18,22H,16H2,1-5H3. The SMILES string of the molecule is Cn1ccnc1-c1ccc(-c2cnc(C(Cc3ccccn3)N(C=O)OC(C)(C)C)n2C)cc1. The summed E-state index contributed by atoms with van der Waals surface area (Å²) in [5.41, 5.74) is 3.30. The molecular weight excluding hydrogens is 428 g/mol. The fourth-order valence-corrected chi connectivity index (χ4v) is 3.92. The van der Waals surface area contributed by atoms with Crippen molar-refractivity contribution in [3.63, 3.8) is 0 Å². The van der Waals surface area contributed by atoms with Gasteiger partial charge in [0.25, 0.3) is 0 Å². The van der Waals surface area contributed by atoms with Crippen molar-refractivity contribution in [1.29, 1.82) is 0 Å². The molecule has 0 aliphatic heterocycles. The summed E-state index contributed by atoms with van der Waals surface area (Å²) < 4.78 is 3.99. The third-order valence-corrected chi connectivity index (χ3v) is 5.50. The van der Waals surface area contributed by atoms with Gasteiger partial charge < -0.3 is 9.13 Å². The Bertz CT molecular complexity index is 1240. The van der Waals surface area contributed by atoms with Gasteiger partial charge in [0.15, 0.2) is 0 Å². The van der Waals surface area contributed by atoms with E-state index in [2.05, 4.69) is 34.2 Å². The third kappa shape index (κ3) is 5.07. The van der Waals surface area contributed by atoms with Gasteiger partial charge in [0.05, 0.1) is 17.5 Å². The Labute approximate surface area is 199 Å². The number of aromatic nitrogens is 5. The summed E-state index contributed by atoms with van der Waals surface area (Å²) >= 11 is 0. The maximum atomic E-state index is 12.1. The van der Waals surface area contributed by atoms with Crippen LogP contribution in [0.25, 0.3) is 22.6 Å². The van der Waals surface area contributed by atoms with Crippen LogP contribution in [0.15, 0.2) is 67.3 Å². The number of pyridine rings is 1. The number of hydroxylamine groups is 2. The first-order valence-corrected chi connectivity index (χ1v) is 11.2. The fourth-order valence-electron chi connectivity index (χ4n) is 3.92. The van der Waals surface area contributed by atoms with Gasteiger partial charge in [-0.2, -0.15) is 0 Å². The van der Waals surface area contributed by atoms with Crippen LogP contribution in [0.5, 0.6) is 0 Å². The summed E-state index contributed by atoms with van der Waals surface area (Å²) in [6.07, 6.45) is 8.48. The molecule has 176 valence electrons. The Morgan fingerprint density at radius 1 is 1.00 bits per heavy atom. The highest BCUT2D eigenvalue weighted by molar-refractivity contribution is 5.65. The topological polar surface area (TPSA) is 78.1 Å². The smallest absolute Gasteiger partial charge is 0.234 e. The summed E-state index contributed by atoms with van der Waals surface area (Å²) in [5, 5.41) is 1.35. The minimum absolute atomic E-state index is 0.447. The molecule has 0 aliphatic carbocycles. The van der Waals surface area contributed by atoms with E-state index in [4.69, 9.17) is 9.82 Å². The molecule has 0 spiro atoms. The first-order valence-electron chi connectivity index (χ1n) is 11.2. The van der Waals surface area contributed by atoms with Crippen LogP contribution in [0.3, 0.4) is 0 Å². The summed E-state index contributed by atoms with van der Waals surface area (Å²) in [6.45, 7) is 5.73. The quantitative estimate of drug-likeness (QED) is 0.290. The monoisotopic (exact) mass is 458 g/mol. The first kappa shape index (κ1) is 23.4. The average molecular weight is 459 g/mol. The van der Waals surface area contributed by atoms with Gasteiger partial charge in [-0.3, -0.25) is 14.6 Å².